The first-order chi connectivity index (χ1) is 14.2. The molecule has 0 saturated carbocycles. The Morgan fingerprint density at radius 3 is 2.48 bits per heavy atom. The van der Waals surface area contributed by atoms with Crippen LogP contribution in [0, 0.1) is 11.3 Å². The molecule has 29 heavy (non-hydrogen) atoms. The van der Waals surface area contributed by atoms with Crippen molar-refractivity contribution < 1.29 is 4.79 Å². The normalized spacial score (nSPS) is 10.3. The van der Waals surface area contributed by atoms with Gasteiger partial charge >= 0.3 is 0 Å². The number of rotatable bonds is 9. The minimum atomic E-state index is -0.0779. The molecule has 0 aliphatic heterocycles. The van der Waals surface area contributed by atoms with Crippen LogP contribution in [0.1, 0.15) is 6.42 Å². The summed E-state index contributed by atoms with van der Waals surface area (Å²) in [6.07, 6.45) is 2.06. The van der Waals surface area contributed by atoms with E-state index in [1.165, 1.54) is 11.8 Å². The molecule has 0 aliphatic carbocycles. The van der Waals surface area contributed by atoms with Gasteiger partial charge in [-0.05, 0) is 12.1 Å². The van der Waals surface area contributed by atoms with E-state index < -0.39 is 0 Å². The largest absolute Gasteiger partial charge is 0.311 e. The number of nitrogens with zero attached hydrogens (tertiary/aromatic N) is 5. The maximum Gasteiger partial charge on any atom is 0.237 e. The maximum absolute atomic E-state index is 12.9. The van der Waals surface area contributed by atoms with Gasteiger partial charge in [-0.25, -0.2) is 0 Å². The van der Waals surface area contributed by atoms with Crippen molar-refractivity contribution in [1.29, 1.82) is 5.26 Å². The van der Waals surface area contributed by atoms with E-state index in [9.17, 15) is 4.79 Å². The van der Waals surface area contributed by atoms with E-state index in [1.54, 1.807) is 11.0 Å². The number of thioether (sulfide) groups is 1. The zero-order valence-electron chi connectivity index (χ0n) is 15.9. The van der Waals surface area contributed by atoms with Crippen molar-refractivity contribution in [1.82, 2.24) is 14.8 Å². The zero-order valence-corrected chi connectivity index (χ0v) is 16.8. The summed E-state index contributed by atoms with van der Waals surface area (Å²) in [5.41, 5.74) is 1.74. The molecule has 3 rings (SSSR count). The number of para-hydroxylation sites is 1. The minimum Gasteiger partial charge on any atom is -0.311 e. The second-order valence-corrected chi connectivity index (χ2v) is 7.09. The summed E-state index contributed by atoms with van der Waals surface area (Å²) in [6.45, 7) is 4.72. The van der Waals surface area contributed by atoms with Crippen molar-refractivity contribution in [2.45, 2.75) is 18.1 Å². The molecule has 0 fully saturated rings. The van der Waals surface area contributed by atoms with Gasteiger partial charge in [0.2, 0.25) is 5.91 Å². The molecule has 6 nitrogen and oxygen atoms in total. The highest BCUT2D eigenvalue weighted by Gasteiger charge is 2.19. The topological polar surface area (TPSA) is 74.8 Å². The van der Waals surface area contributed by atoms with E-state index in [2.05, 4.69) is 22.8 Å². The fraction of sp³-hybridized carbons (Fsp3) is 0.182. The number of aromatic nitrogens is 3. The van der Waals surface area contributed by atoms with Crippen LogP contribution in [0.2, 0.25) is 0 Å². The molecule has 0 radical (unpaired) electrons. The lowest BCUT2D eigenvalue weighted by atomic mass is 10.2. The second-order valence-electron chi connectivity index (χ2n) is 6.15. The van der Waals surface area contributed by atoms with Crippen LogP contribution < -0.4 is 4.90 Å². The fourth-order valence-corrected chi connectivity index (χ4v) is 3.69. The molecule has 1 aromatic heterocycles. The number of benzene rings is 2. The summed E-state index contributed by atoms with van der Waals surface area (Å²) < 4.78 is 1.95. The van der Waals surface area contributed by atoms with E-state index in [-0.39, 0.29) is 18.1 Å². The van der Waals surface area contributed by atoms with Crippen LogP contribution in [0.15, 0.2) is 78.5 Å². The van der Waals surface area contributed by atoms with Crippen molar-refractivity contribution in [3.63, 3.8) is 0 Å². The Morgan fingerprint density at radius 2 is 1.83 bits per heavy atom. The summed E-state index contributed by atoms with van der Waals surface area (Å²) in [7, 11) is 0. The Bertz CT molecular complexity index is 995. The van der Waals surface area contributed by atoms with Gasteiger partial charge in [-0.1, -0.05) is 66.4 Å². The maximum atomic E-state index is 12.9. The Balaban J connectivity index is 1.77. The quantitative estimate of drug-likeness (QED) is 0.396. The van der Waals surface area contributed by atoms with Crippen molar-refractivity contribution in [2.24, 2.45) is 0 Å². The first kappa shape index (κ1) is 20.4. The van der Waals surface area contributed by atoms with Crippen LogP contribution in [0.3, 0.4) is 0 Å². The summed E-state index contributed by atoms with van der Waals surface area (Å²) in [4.78, 5) is 14.5. The number of allylic oxidation sites excluding steroid dienone is 1. The van der Waals surface area contributed by atoms with Crippen LogP contribution in [0.4, 0.5) is 5.69 Å². The Morgan fingerprint density at radius 1 is 1.14 bits per heavy atom. The lowest BCUT2D eigenvalue weighted by Gasteiger charge is -2.21. The molecule has 3 aromatic rings. The smallest absolute Gasteiger partial charge is 0.237 e. The number of hydrogen-bond donors (Lipinski definition) is 0. The molecule has 0 saturated heterocycles. The van der Waals surface area contributed by atoms with Crippen LogP contribution >= 0.6 is 11.8 Å². The number of nitriles is 1. The number of hydrogen-bond acceptors (Lipinski definition) is 5. The van der Waals surface area contributed by atoms with E-state index in [0.717, 1.165) is 17.1 Å². The van der Waals surface area contributed by atoms with Crippen LogP contribution in [0.25, 0.3) is 11.4 Å². The first-order valence-corrected chi connectivity index (χ1v) is 10.2. The predicted octanol–water partition coefficient (Wildman–Crippen LogP) is 4.17. The van der Waals surface area contributed by atoms with Crippen LogP contribution in [0.5, 0.6) is 0 Å². The highest BCUT2D eigenvalue weighted by atomic mass is 32.2. The lowest BCUT2D eigenvalue weighted by molar-refractivity contribution is -0.116. The van der Waals surface area contributed by atoms with Gasteiger partial charge in [-0.3, -0.25) is 9.36 Å². The molecule has 0 spiro atoms. The molecule has 0 bridgehead atoms. The van der Waals surface area contributed by atoms with Gasteiger partial charge in [0.15, 0.2) is 11.0 Å². The van der Waals surface area contributed by atoms with Crippen molar-refractivity contribution >= 4 is 23.4 Å². The molecule has 7 heteroatoms. The molecule has 146 valence electrons. The van der Waals surface area contributed by atoms with Gasteiger partial charge in [0, 0.05) is 24.3 Å². The summed E-state index contributed by atoms with van der Waals surface area (Å²) in [5, 5.41) is 18.2. The van der Waals surface area contributed by atoms with Gasteiger partial charge in [0.1, 0.15) is 0 Å². The van der Waals surface area contributed by atoms with Crippen molar-refractivity contribution in [2.75, 3.05) is 17.2 Å². The molecule has 1 heterocycles. The third-order valence-corrected chi connectivity index (χ3v) is 5.15. The van der Waals surface area contributed by atoms with Gasteiger partial charge in [0.05, 0.1) is 18.2 Å². The zero-order chi connectivity index (χ0) is 20.5. The lowest BCUT2D eigenvalue weighted by Crippen LogP contribution is -2.33. The standard InChI is InChI=1S/C22H21N5OS/c1-2-15-27-21(18-10-5-3-6-11-18)24-25-22(27)29-17-20(28)26(16-9-14-23)19-12-7-4-8-13-19/h2-8,10-13H,1,9,15-17H2. The molecule has 0 aliphatic rings. The molecular formula is C22H21N5OS. The average Bonchev–Trinajstić information content (AvgIpc) is 3.17. The molecule has 0 N–H and O–H groups in total. The second kappa shape index (κ2) is 10.2. The van der Waals surface area contributed by atoms with Gasteiger partial charge in [-0.15, -0.1) is 16.8 Å². The molecular weight excluding hydrogens is 382 g/mol. The molecule has 0 atom stereocenters. The highest BCUT2D eigenvalue weighted by molar-refractivity contribution is 7.99. The van der Waals surface area contributed by atoms with E-state index in [4.69, 9.17) is 5.26 Å². The number of carbonyl (C=O) groups is 1. The van der Waals surface area contributed by atoms with Crippen LogP contribution in [-0.2, 0) is 11.3 Å². The van der Waals surface area contributed by atoms with Crippen molar-refractivity contribution in [3.05, 3.63) is 73.3 Å². The predicted molar refractivity (Wildman–Crippen MR) is 115 cm³/mol. The third kappa shape index (κ3) is 5.12. The van der Waals surface area contributed by atoms with Crippen molar-refractivity contribution in [3.8, 4) is 17.5 Å². The van der Waals surface area contributed by atoms with E-state index in [1.807, 2.05) is 65.2 Å². The Labute approximate surface area is 174 Å². The Hall–Kier alpha value is -3.37. The fourth-order valence-electron chi connectivity index (χ4n) is 2.86. The summed E-state index contributed by atoms with van der Waals surface area (Å²) >= 11 is 1.33. The molecule has 1 amide bonds. The molecule has 0 unspecified atom stereocenters. The minimum absolute atomic E-state index is 0.0779. The van der Waals surface area contributed by atoms with Gasteiger partial charge < -0.3 is 4.90 Å². The summed E-state index contributed by atoms with van der Waals surface area (Å²) in [6, 6.07) is 21.3. The Kier molecular flexibility index (Phi) is 7.20. The van der Waals surface area contributed by atoms with E-state index >= 15 is 0 Å². The number of amides is 1. The monoisotopic (exact) mass is 403 g/mol. The van der Waals surface area contributed by atoms with Gasteiger partial charge in [-0.2, -0.15) is 5.26 Å². The van der Waals surface area contributed by atoms with Crippen LogP contribution in [-0.4, -0.2) is 33.0 Å². The SMILES string of the molecule is C=CCn1c(SCC(=O)N(CCC#N)c2ccccc2)nnc1-c1ccccc1. The molecule has 2 aromatic carbocycles. The number of anilines is 1. The third-order valence-electron chi connectivity index (χ3n) is 4.20. The average molecular weight is 404 g/mol. The number of carbonyl (C=O) groups excluding carboxylic acids is 1. The van der Waals surface area contributed by atoms with E-state index in [0.29, 0.717) is 18.2 Å². The summed E-state index contributed by atoms with van der Waals surface area (Å²) in [5.74, 6) is 0.861. The first-order valence-electron chi connectivity index (χ1n) is 9.19. The highest BCUT2D eigenvalue weighted by Crippen LogP contribution is 2.25. The van der Waals surface area contributed by atoms with Gasteiger partial charge in [0.25, 0.3) is 0 Å².